The summed E-state index contributed by atoms with van der Waals surface area (Å²) in [4.78, 5) is 0. The highest BCUT2D eigenvalue weighted by Gasteiger charge is 1.89. The molecule has 0 nitrogen and oxygen atoms in total. The summed E-state index contributed by atoms with van der Waals surface area (Å²) in [5, 5.41) is 0. The monoisotopic (exact) mass is 166 g/mol. The fourth-order valence-corrected chi connectivity index (χ4v) is 1.17. The zero-order chi connectivity index (χ0) is 9.23. The van der Waals surface area contributed by atoms with Gasteiger partial charge in [0.15, 0.2) is 0 Å². The number of unbranched alkanes of at least 4 members (excludes halogenated alkanes) is 3. The molecule has 0 aromatic rings. The third-order valence-electron chi connectivity index (χ3n) is 2.00. The molecule has 0 N–H and O–H groups in total. The minimum absolute atomic E-state index is 1.27. The third-order valence-corrected chi connectivity index (χ3v) is 2.00. The maximum absolute atomic E-state index is 2.25. The average Bonchev–Trinajstić information content (AvgIpc) is 2.09. The van der Waals surface area contributed by atoms with Crippen molar-refractivity contribution in [2.75, 3.05) is 0 Å². The van der Waals surface area contributed by atoms with Crippen LogP contribution in [0.4, 0.5) is 0 Å². The average molecular weight is 166 g/mol. The molecule has 0 atom stereocenters. The van der Waals surface area contributed by atoms with Crippen LogP contribution in [0.5, 0.6) is 0 Å². The normalized spacial score (nSPS) is 12.8. The Morgan fingerprint density at radius 3 is 2.50 bits per heavy atom. The van der Waals surface area contributed by atoms with E-state index in [-0.39, 0.29) is 0 Å². The van der Waals surface area contributed by atoms with E-state index in [4.69, 9.17) is 0 Å². The first-order chi connectivity index (χ1) is 5.81. The first-order valence-corrected chi connectivity index (χ1v) is 5.09. The lowest BCUT2D eigenvalue weighted by molar-refractivity contribution is 0.664. The molecule has 0 bridgehead atoms. The van der Waals surface area contributed by atoms with Crippen LogP contribution in [0.2, 0.25) is 0 Å². The first kappa shape index (κ1) is 11.5. The summed E-state index contributed by atoms with van der Waals surface area (Å²) in [5.74, 6) is 0. The van der Waals surface area contributed by atoms with Gasteiger partial charge in [-0.15, -0.1) is 0 Å². The molecule has 0 heteroatoms. The molecule has 0 fully saturated rings. The SMILES string of the molecule is C/C=C\C=C(/C)CCCCCC. The van der Waals surface area contributed by atoms with Crippen molar-refractivity contribution in [1.82, 2.24) is 0 Å². The van der Waals surface area contributed by atoms with E-state index in [1.54, 1.807) is 0 Å². The molecule has 0 unspecified atom stereocenters. The van der Waals surface area contributed by atoms with Crippen LogP contribution in [-0.4, -0.2) is 0 Å². The van der Waals surface area contributed by atoms with E-state index in [2.05, 4.69) is 39.0 Å². The van der Waals surface area contributed by atoms with Crippen molar-refractivity contribution in [3.63, 3.8) is 0 Å². The second kappa shape index (κ2) is 8.58. The van der Waals surface area contributed by atoms with E-state index < -0.39 is 0 Å². The lowest BCUT2D eigenvalue weighted by Gasteiger charge is -1.99. The number of hydrogen-bond acceptors (Lipinski definition) is 0. The summed E-state index contributed by atoms with van der Waals surface area (Å²) in [6, 6.07) is 0. The second-order valence-electron chi connectivity index (χ2n) is 3.35. The van der Waals surface area contributed by atoms with E-state index in [9.17, 15) is 0 Å². The van der Waals surface area contributed by atoms with Gasteiger partial charge in [-0.1, -0.05) is 50.0 Å². The summed E-state index contributed by atoms with van der Waals surface area (Å²) in [6.45, 7) is 6.52. The molecule has 0 rings (SSSR count). The van der Waals surface area contributed by atoms with Crippen molar-refractivity contribution in [1.29, 1.82) is 0 Å². The Morgan fingerprint density at radius 2 is 1.92 bits per heavy atom. The smallest absolute Gasteiger partial charge is 0.0320 e. The molecule has 0 aromatic carbocycles. The fourth-order valence-electron chi connectivity index (χ4n) is 1.17. The van der Waals surface area contributed by atoms with Crippen LogP contribution in [0.15, 0.2) is 23.8 Å². The van der Waals surface area contributed by atoms with Crippen molar-refractivity contribution in [2.24, 2.45) is 0 Å². The summed E-state index contributed by atoms with van der Waals surface area (Å²) in [6.07, 6.45) is 13.1. The van der Waals surface area contributed by atoms with Crippen molar-refractivity contribution >= 4 is 0 Å². The Hall–Kier alpha value is -0.520. The van der Waals surface area contributed by atoms with Gasteiger partial charge in [-0.25, -0.2) is 0 Å². The molecule has 0 amide bonds. The van der Waals surface area contributed by atoms with Crippen LogP contribution in [0.3, 0.4) is 0 Å². The summed E-state index contributed by atoms with van der Waals surface area (Å²) < 4.78 is 0. The van der Waals surface area contributed by atoms with E-state index in [1.807, 2.05) is 0 Å². The molecule has 0 saturated heterocycles. The van der Waals surface area contributed by atoms with E-state index in [1.165, 1.54) is 37.7 Å². The summed E-state index contributed by atoms with van der Waals surface area (Å²) in [7, 11) is 0. The molecule has 0 aliphatic heterocycles. The molecule has 70 valence electrons. The largest absolute Gasteiger partial charge is 0.0877 e. The number of allylic oxidation sites excluding steroid dienone is 4. The predicted molar refractivity (Wildman–Crippen MR) is 57.3 cm³/mol. The predicted octanol–water partition coefficient (Wildman–Crippen LogP) is 4.48. The van der Waals surface area contributed by atoms with E-state index in [0.29, 0.717) is 0 Å². The molecule has 12 heavy (non-hydrogen) atoms. The minimum atomic E-state index is 1.27. The van der Waals surface area contributed by atoms with E-state index in [0.717, 1.165) is 0 Å². The fraction of sp³-hybridized carbons (Fsp3) is 0.667. The molecule has 0 heterocycles. The van der Waals surface area contributed by atoms with Crippen LogP contribution in [0.25, 0.3) is 0 Å². The molecule has 0 aromatic heterocycles. The van der Waals surface area contributed by atoms with Gasteiger partial charge in [-0.3, -0.25) is 0 Å². The lowest BCUT2D eigenvalue weighted by Crippen LogP contribution is -1.78. The van der Waals surface area contributed by atoms with Gasteiger partial charge in [0, 0.05) is 0 Å². The van der Waals surface area contributed by atoms with Gasteiger partial charge < -0.3 is 0 Å². The Bertz CT molecular complexity index is 140. The Morgan fingerprint density at radius 1 is 1.17 bits per heavy atom. The van der Waals surface area contributed by atoms with Crippen LogP contribution >= 0.6 is 0 Å². The van der Waals surface area contributed by atoms with Gasteiger partial charge in [-0.05, 0) is 26.7 Å². The van der Waals surface area contributed by atoms with Crippen LogP contribution in [-0.2, 0) is 0 Å². The Labute approximate surface area is 77.4 Å². The lowest BCUT2D eigenvalue weighted by atomic mass is 10.1. The van der Waals surface area contributed by atoms with Gasteiger partial charge >= 0.3 is 0 Å². The maximum atomic E-state index is 2.25. The molecule has 0 aliphatic carbocycles. The first-order valence-electron chi connectivity index (χ1n) is 5.09. The highest BCUT2D eigenvalue weighted by Crippen LogP contribution is 2.09. The van der Waals surface area contributed by atoms with Crippen molar-refractivity contribution in [3.8, 4) is 0 Å². The quantitative estimate of drug-likeness (QED) is 0.403. The van der Waals surface area contributed by atoms with Gasteiger partial charge in [0.2, 0.25) is 0 Å². The van der Waals surface area contributed by atoms with Crippen molar-refractivity contribution < 1.29 is 0 Å². The highest BCUT2D eigenvalue weighted by atomic mass is 14.0. The zero-order valence-corrected chi connectivity index (χ0v) is 8.77. The number of rotatable bonds is 6. The van der Waals surface area contributed by atoms with Crippen molar-refractivity contribution in [3.05, 3.63) is 23.8 Å². The van der Waals surface area contributed by atoms with Crippen LogP contribution in [0, 0.1) is 0 Å². The molecule has 0 spiro atoms. The van der Waals surface area contributed by atoms with Gasteiger partial charge in [-0.2, -0.15) is 0 Å². The second-order valence-corrected chi connectivity index (χ2v) is 3.35. The van der Waals surface area contributed by atoms with Crippen molar-refractivity contribution in [2.45, 2.75) is 52.9 Å². The van der Waals surface area contributed by atoms with Gasteiger partial charge in [0.25, 0.3) is 0 Å². The Balaban J connectivity index is 3.36. The zero-order valence-electron chi connectivity index (χ0n) is 8.77. The molecule has 0 saturated carbocycles. The number of hydrogen-bond donors (Lipinski definition) is 0. The standard InChI is InChI=1S/C12H22/c1-4-6-8-9-11-12(3)10-7-5-2/h5,7,10H,4,6,8-9,11H2,1-3H3/b7-5-,12-10+. The maximum Gasteiger partial charge on any atom is -0.0320 e. The summed E-state index contributed by atoms with van der Waals surface area (Å²) >= 11 is 0. The van der Waals surface area contributed by atoms with E-state index >= 15 is 0 Å². The summed E-state index contributed by atoms with van der Waals surface area (Å²) in [5.41, 5.74) is 1.50. The highest BCUT2D eigenvalue weighted by molar-refractivity contribution is 5.09. The van der Waals surface area contributed by atoms with Gasteiger partial charge in [0.1, 0.15) is 0 Å². The molecular formula is C12H22. The topological polar surface area (TPSA) is 0 Å². The van der Waals surface area contributed by atoms with Crippen LogP contribution in [0.1, 0.15) is 52.9 Å². The molecule has 0 aliphatic rings. The van der Waals surface area contributed by atoms with Crippen LogP contribution < -0.4 is 0 Å². The minimum Gasteiger partial charge on any atom is -0.0877 e. The molecular weight excluding hydrogens is 144 g/mol. The molecule has 0 radical (unpaired) electrons. The third kappa shape index (κ3) is 7.59. The van der Waals surface area contributed by atoms with Gasteiger partial charge in [0.05, 0.1) is 0 Å². The Kier molecular flexibility index (Phi) is 8.20.